The zero-order valence-corrected chi connectivity index (χ0v) is 12.0. The van der Waals surface area contributed by atoms with Gasteiger partial charge in [0.15, 0.2) is 0 Å². The van der Waals surface area contributed by atoms with E-state index in [1.165, 1.54) is 35.1 Å². The van der Waals surface area contributed by atoms with Gasteiger partial charge < -0.3 is 10.1 Å². The Hall–Kier alpha value is -1.87. The average Bonchev–Trinajstić information content (AvgIpc) is 3.29. The maximum absolute atomic E-state index is 5.26. The first-order chi connectivity index (χ1) is 9.76. The third-order valence-corrected chi connectivity index (χ3v) is 3.71. The molecule has 0 radical (unpaired) electrons. The Labute approximate surface area is 120 Å². The minimum absolute atomic E-state index is 0.723. The first-order valence-corrected chi connectivity index (χ1v) is 7.08. The Kier molecular flexibility index (Phi) is 3.70. The second-order valence-electron chi connectivity index (χ2n) is 5.42. The number of nitrogens with zero attached hydrogens (tertiary/aromatic N) is 1. The van der Waals surface area contributed by atoms with Gasteiger partial charge in [-0.25, -0.2) is 0 Å². The van der Waals surface area contributed by atoms with E-state index in [9.17, 15) is 0 Å². The van der Waals surface area contributed by atoms with Crippen molar-refractivity contribution in [2.24, 2.45) is 0 Å². The van der Waals surface area contributed by atoms with Gasteiger partial charge in [-0.15, -0.1) is 0 Å². The number of aryl methyl sites for hydroxylation is 1. The number of hydrogen-bond donors (Lipinski definition) is 1. The van der Waals surface area contributed by atoms with Crippen LogP contribution in [0.2, 0.25) is 0 Å². The SMILES string of the molecule is COc1ccc(-c2cncc(CNC3CC3)c2)c(C)c1. The summed E-state index contributed by atoms with van der Waals surface area (Å²) in [5.41, 5.74) is 4.83. The molecule has 1 aromatic carbocycles. The summed E-state index contributed by atoms with van der Waals surface area (Å²) in [5, 5.41) is 3.52. The Morgan fingerprint density at radius 3 is 2.80 bits per heavy atom. The van der Waals surface area contributed by atoms with Gasteiger partial charge >= 0.3 is 0 Å². The Bertz CT molecular complexity index is 606. The molecule has 1 aliphatic rings. The fourth-order valence-corrected chi connectivity index (χ4v) is 2.37. The van der Waals surface area contributed by atoms with Gasteiger partial charge in [0.25, 0.3) is 0 Å². The molecule has 2 aromatic rings. The summed E-state index contributed by atoms with van der Waals surface area (Å²) >= 11 is 0. The third kappa shape index (κ3) is 2.99. The molecule has 1 saturated carbocycles. The normalized spacial score (nSPS) is 14.3. The van der Waals surface area contributed by atoms with E-state index in [0.29, 0.717) is 0 Å². The van der Waals surface area contributed by atoms with Crippen LogP contribution in [0.3, 0.4) is 0 Å². The average molecular weight is 268 g/mol. The Morgan fingerprint density at radius 2 is 2.10 bits per heavy atom. The number of hydrogen-bond acceptors (Lipinski definition) is 3. The zero-order chi connectivity index (χ0) is 13.9. The number of ether oxygens (including phenoxy) is 1. The van der Waals surface area contributed by atoms with Gasteiger partial charge in [-0.05, 0) is 54.7 Å². The molecule has 3 rings (SSSR count). The van der Waals surface area contributed by atoms with Gasteiger partial charge in [0.1, 0.15) is 5.75 Å². The Morgan fingerprint density at radius 1 is 1.25 bits per heavy atom. The molecular formula is C17H20N2O. The molecule has 0 spiro atoms. The van der Waals surface area contributed by atoms with Crippen LogP contribution < -0.4 is 10.1 Å². The van der Waals surface area contributed by atoms with Crippen molar-refractivity contribution in [1.82, 2.24) is 10.3 Å². The molecular weight excluding hydrogens is 248 g/mol. The second-order valence-corrected chi connectivity index (χ2v) is 5.42. The lowest BCUT2D eigenvalue weighted by molar-refractivity contribution is 0.414. The highest BCUT2D eigenvalue weighted by atomic mass is 16.5. The standard InChI is InChI=1S/C17H20N2O/c1-12-7-16(20-2)5-6-17(12)14-8-13(9-18-11-14)10-19-15-3-4-15/h5-9,11,15,19H,3-4,10H2,1-2H3. The summed E-state index contributed by atoms with van der Waals surface area (Å²) in [5.74, 6) is 0.894. The quantitative estimate of drug-likeness (QED) is 0.903. The van der Waals surface area contributed by atoms with Crippen molar-refractivity contribution < 1.29 is 4.74 Å². The predicted molar refractivity (Wildman–Crippen MR) is 80.8 cm³/mol. The topological polar surface area (TPSA) is 34.1 Å². The second kappa shape index (κ2) is 5.63. The maximum Gasteiger partial charge on any atom is 0.119 e. The highest BCUT2D eigenvalue weighted by Gasteiger charge is 2.20. The van der Waals surface area contributed by atoms with Crippen molar-refractivity contribution in [2.75, 3.05) is 7.11 Å². The van der Waals surface area contributed by atoms with Crippen LogP contribution in [-0.2, 0) is 6.54 Å². The third-order valence-electron chi connectivity index (χ3n) is 3.71. The highest BCUT2D eigenvalue weighted by molar-refractivity contribution is 5.67. The number of methoxy groups -OCH3 is 1. The van der Waals surface area contributed by atoms with Crippen LogP contribution >= 0.6 is 0 Å². The van der Waals surface area contributed by atoms with Crippen LogP contribution in [0.15, 0.2) is 36.7 Å². The van der Waals surface area contributed by atoms with E-state index in [2.05, 4.69) is 35.4 Å². The van der Waals surface area contributed by atoms with Crippen LogP contribution in [0, 0.1) is 6.92 Å². The molecule has 0 unspecified atom stereocenters. The largest absolute Gasteiger partial charge is 0.497 e. The van der Waals surface area contributed by atoms with E-state index in [1.807, 2.05) is 18.5 Å². The van der Waals surface area contributed by atoms with Crippen LogP contribution in [0.4, 0.5) is 0 Å². The van der Waals surface area contributed by atoms with E-state index in [0.717, 1.165) is 18.3 Å². The number of benzene rings is 1. The molecule has 0 aliphatic heterocycles. The summed E-state index contributed by atoms with van der Waals surface area (Å²) in [7, 11) is 1.69. The lowest BCUT2D eigenvalue weighted by Gasteiger charge is -2.10. The number of nitrogens with one attached hydrogen (secondary N) is 1. The van der Waals surface area contributed by atoms with Crippen molar-refractivity contribution >= 4 is 0 Å². The summed E-state index contributed by atoms with van der Waals surface area (Å²) in [4.78, 5) is 4.37. The molecule has 20 heavy (non-hydrogen) atoms. The van der Waals surface area contributed by atoms with E-state index >= 15 is 0 Å². The first kappa shape index (κ1) is 13.1. The predicted octanol–water partition coefficient (Wildman–Crippen LogP) is 3.32. The van der Waals surface area contributed by atoms with Gasteiger partial charge in [-0.2, -0.15) is 0 Å². The minimum atomic E-state index is 0.723. The molecule has 1 N–H and O–H groups in total. The van der Waals surface area contributed by atoms with Crippen LogP contribution in [0.1, 0.15) is 24.0 Å². The molecule has 0 amide bonds. The summed E-state index contributed by atoms with van der Waals surface area (Å²) < 4.78 is 5.26. The van der Waals surface area contributed by atoms with Crippen molar-refractivity contribution in [2.45, 2.75) is 32.4 Å². The molecule has 104 valence electrons. The molecule has 0 atom stereocenters. The lowest BCUT2D eigenvalue weighted by Crippen LogP contribution is -2.15. The molecule has 3 heteroatoms. The molecule has 0 bridgehead atoms. The highest BCUT2D eigenvalue weighted by Crippen LogP contribution is 2.27. The molecule has 1 fully saturated rings. The van der Waals surface area contributed by atoms with E-state index in [-0.39, 0.29) is 0 Å². The number of pyridine rings is 1. The molecule has 1 aromatic heterocycles. The van der Waals surface area contributed by atoms with Gasteiger partial charge in [-0.1, -0.05) is 6.07 Å². The van der Waals surface area contributed by atoms with Crippen molar-refractivity contribution in [3.63, 3.8) is 0 Å². The van der Waals surface area contributed by atoms with Crippen LogP contribution in [-0.4, -0.2) is 18.1 Å². The summed E-state index contributed by atoms with van der Waals surface area (Å²) in [6.07, 6.45) is 6.49. The smallest absolute Gasteiger partial charge is 0.119 e. The molecule has 1 heterocycles. The monoisotopic (exact) mass is 268 g/mol. The van der Waals surface area contributed by atoms with Crippen molar-refractivity contribution in [3.8, 4) is 16.9 Å². The lowest BCUT2D eigenvalue weighted by atomic mass is 10.0. The molecule has 3 nitrogen and oxygen atoms in total. The van der Waals surface area contributed by atoms with E-state index in [1.54, 1.807) is 7.11 Å². The maximum atomic E-state index is 5.26. The van der Waals surface area contributed by atoms with E-state index < -0.39 is 0 Å². The van der Waals surface area contributed by atoms with Crippen LogP contribution in [0.5, 0.6) is 5.75 Å². The zero-order valence-electron chi connectivity index (χ0n) is 12.0. The summed E-state index contributed by atoms with van der Waals surface area (Å²) in [6, 6.07) is 9.10. The van der Waals surface area contributed by atoms with Crippen molar-refractivity contribution in [3.05, 3.63) is 47.8 Å². The van der Waals surface area contributed by atoms with Gasteiger partial charge in [0.2, 0.25) is 0 Å². The van der Waals surface area contributed by atoms with Crippen LogP contribution in [0.25, 0.3) is 11.1 Å². The number of rotatable bonds is 5. The number of aromatic nitrogens is 1. The van der Waals surface area contributed by atoms with Crippen molar-refractivity contribution in [1.29, 1.82) is 0 Å². The van der Waals surface area contributed by atoms with Gasteiger partial charge in [0, 0.05) is 30.5 Å². The first-order valence-electron chi connectivity index (χ1n) is 7.08. The van der Waals surface area contributed by atoms with Gasteiger partial charge in [0.05, 0.1) is 7.11 Å². The fourth-order valence-electron chi connectivity index (χ4n) is 2.37. The Balaban J connectivity index is 1.83. The summed E-state index contributed by atoms with van der Waals surface area (Å²) in [6.45, 7) is 3.01. The minimum Gasteiger partial charge on any atom is -0.497 e. The van der Waals surface area contributed by atoms with E-state index in [4.69, 9.17) is 4.74 Å². The fraction of sp³-hybridized carbons (Fsp3) is 0.353. The molecule has 0 saturated heterocycles. The molecule has 1 aliphatic carbocycles. The van der Waals surface area contributed by atoms with Gasteiger partial charge in [-0.3, -0.25) is 4.98 Å².